The molecule has 0 aliphatic heterocycles. The number of amides is 1. The first-order valence-electron chi connectivity index (χ1n) is 4.42. The second-order valence-electron chi connectivity index (χ2n) is 3.33. The van der Waals surface area contributed by atoms with Crippen molar-refractivity contribution in [1.29, 1.82) is 0 Å². The molecule has 12 heavy (non-hydrogen) atoms. The summed E-state index contributed by atoms with van der Waals surface area (Å²) in [6.45, 7) is 10.0. The van der Waals surface area contributed by atoms with E-state index in [4.69, 9.17) is 0 Å². The highest BCUT2D eigenvalue weighted by atomic mass is 16.1. The van der Waals surface area contributed by atoms with Crippen LogP contribution in [-0.2, 0) is 4.79 Å². The van der Waals surface area contributed by atoms with Gasteiger partial charge < -0.3 is 5.32 Å². The minimum absolute atomic E-state index is 0.114. The third-order valence-corrected chi connectivity index (χ3v) is 2.14. The van der Waals surface area contributed by atoms with Crippen molar-refractivity contribution in [2.45, 2.75) is 47.1 Å². The lowest BCUT2D eigenvalue weighted by Gasteiger charge is -2.15. The third-order valence-electron chi connectivity index (χ3n) is 2.14. The predicted molar refractivity (Wildman–Crippen MR) is 51.9 cm³/mol. The van der Waals surface area contributed by atoms with Crippen molar-refractivity contribution in [3.63, 3.8) is 0 Å². The van der Waals surface area contributed by atoms with E-state index in [1.165, 1.54) is 11.1 Å². The highest BCUT2D eigenvalue weighted by Crippen LogP contribution is 2.06. The van der Waals surface area contributed by atoms with E-state index in [2.05, 4.69) is 26.1 Å². The second kappa shape index (κ2) is 4.96. The van der Waals surface area contributed by atoms with Crippen LogP contribution in [0.25, 0.3) is 0 Å². The normalized spacial score (nSPS) is 12.1. The molecule has 0 aromatic rings. The van der Waals surface area contributed by atoms with Gasteiger partial charge in [0.1, 0.15) is 0 Å². The summed E-state index contributed by atoms with van der Waals surface area (Å²) < 4.78 is 0. The minimum atomic E-state index is 0.114. The Morgan fingerprint density at radius 1 is 1.33 bits per heavy atom. The van der Waals surface area contributed by atoms with Gasteiger partial charge in [-0.05, 0) is 27.7 Å². The van der Waals surface area contributed by atoms with Gasteiger partial charge in [-0.15, -0.1) is 0 Å². The van der Waals surface area contributed by atoms with E-state index < -0.39 is 0 Å². The van der Waals surface area contributed by atoms with Crippen molar-refractivity contribution in [3.05, 3.63) is 11.1 Å². The summed E-state index contributed by atoms with van der Waals surface area (Å²) >= 11 is 0. The summed E-state index contributed by atoms with van der Waals surface area (Å²) in [6.07, 6.45) is 0.556. The van der Waals surface area contributed by atoms with Gasteiger partial charge in [-0.1, -0.05) is 18.1 Å². The molecule has 0 saturated carbocycles. The van der Waals surface area contributed by atoms with Crippen molar-refractivity contribution in [1.82, 2.24) is 5.32 Å². The molecule has 0 aromatic carbocycles. The van der Waals surface area contributed by atoms with Gasteiger partial charge in [0.15, 0.2) is 0 Å². The molecule has 0 aliphatic rings. The van der Waals surface area contributed by atoms with Gasteiger partial charge in [-0.3, -0.25) is 4.79 Å². The van der Waals surface area contributed by atoms with E-state index in [0.29, 0.717) is 6.42 Å². The molecule has 0 fully saturated rings. The van der Waals surface area contributed by atoms with E-state index in [0.717, 1.165) is 0 Å². The Morgan fingerprint density at radius 3 is 2.17 bits per heavy atom. The number of carbonyl (C=O) groups excluding carboxylic acids is 1. The van der Waals surface area contributed by atoms with Crippen molar-refractivity contribution in [3.8, 4) is 0 Å². The molecule has 1 N–H and O–H groups in total. The van der Waals surface area contributed by atoms with Gasteiger partial charge in [0.25, 0.3) is 0 Å². The zero-order valence-electron chi connectivity index (χ0n) is 8.69. The molecule has 70 valence electrons. The molecule has 1 amide bonds. The Morgan fingerprint density at radius 2 is 1.83 bits per heavy atom. The predicted octanol–water partition coefficient (Wildman–Crippen LogP) is 2.26. The summed E-state index contributed by atoms with van der Waals surface area (Å²) in [5.41, 5.74) is 2.52. The largest absolute Gasteiger partial charge is 0.350 e. The van der Waals surface area contributed by atoms with Crippen molar-refractivity contribution in [2.24, 2.45) is 0 Å². The van der Waals surface area contributed by atoms with Crippen LogP contribution in [-0.4, -0.2) is 11.9 Å². The maximum atomic E-state index is 11.0. The van der Waals surface area contributed by atoms with Crippen LogP contribution in [0, 0.1) is 0 Å². The number of nitrogens with one attached hydrogen (secondary N) is 1. The quantitative estimate of drug-likeness (QED) is 0.645. The van der Waals surface area contributed by atoms with Gasteiger partial charge in [0, 0.05) is 12.5 Å². The minimum Gasteiger partial charge on any atom is -0.350 e. The smallest absolute Gasteiger partial charge is 0.220 e. The molecule has 1 atom stereocenters. The summed E-state index contributed by atoms with van der Waals surface area (Å²) in [7, 11) is 0. The maximum Gasteiger partial charge on any atom is 0.220 e. The van der Waals surface area contributed by atoms with Gasteiger partial charge in [0.05, 0.1) is 0 Å². The summed E-state index contributed by atoms with van der Waals surface area (Å²) in [5.74, 6) is 0.114. The molecule has 2 nitrogen and oxygen atoms in total. The molecule has 0 bridgehead atoms. The molecule has 0 aliphatic carbocycles. The Kier molecular flexibility index (Phi) is 4.64. The molecule has 0 heterocycles. The Bertz CT molecular complexity index is 190. The molecular weight excluding hydrogens is 150 g/mol. The number of hydrogen-bond donors (Lipinski definition) is 1. The topological polar surface area (TPSA) is 29.1 Å². The highest BCUT2D eigenvalue weighted by Gasteiger charge is 2.07. The zero-order valence-corrected chi connectivity index (χ0v) is 8.69. The van der Waals surface area contributed by atoms with Crippen LogP contribution in [0.4, 0.5) is 0 Å². The van der Waals surface area contributed by atoms with Crippen molar-refractivity contribution in [2.75, 3.05) is 0 Å². The average Bonchev–Trinajstić information content (AvgIpc) is 2.02. The fourth-order valence-corrected chi connectivity index (χ4v) is 0.885. The van der Waals surface area contributed by atoms with Crippen molar-refractivity contribution >= 4 is 5.91 Å². The lowest BCUT2D eigenvalue weighted by atomic mass is 10.1. The van der Waals surface area contributed by atoms with E-state index >= 15 is 0 Å². The second-order valence-corrected chi connectivity index (χ2v) is 3.33. The fraction of sp³-hybridized carbons (Fsp3) is 0.700. The standard InChI is InChI=1S/C10H19NO/c1-6-10(12)11-9(5)8(4)7(2)3/h9H,6H2,1-5H3,(H,11,12). The van der Waals surface area contributed by atoms with Crippen LogP contribution in [0.5, 0.6) is 0 Å². The fourth-order valence-electron chi connectivity index (χ4n) is 0.885. The molecule has 0 aromatic heterocycles. The SMILES string of the molecule is CCC(=O)NC(C)C(C)=C(C)C. The Labute approximate surface area is 75.0 Å². The lowest BCUT2D eigenvalue weighted by molar-refractivity contribution is -0.121. The summed E-state index contributed by atoms with van der Waals surface area (Å²) in [5, 5.41) is 2.91. The van der Waals surface area contributed by atoms with Gasteiger partial charge in [-0.25, -0.2) is 0 Å². The van der Waals surface area contributed by atoms with Crippen LogP contribution < -0.4 is 5.32 Å². The Hall–Kier alpha value is -0.790. The molecule has 0 radical (unpaired) electrons. The summed E-state index contributed by atoms with van der Waals surface area (Å²) in [6, 6.07) is 0.169. The monoisotopic (exact) mass is 169 g/mol. The number of rotatable bonds is 3. The third kappa shape index (κ3) is 3.56. The van der Waals surface area contributed by atoms with E-state index in [-0.39, 0.29) is 11.9 Å². The van der Waals surface area contributed by atoms with Crippen LogP contribution in [0.15, 0.2) is 11.1 Å². The van der Waals surface area contributed by atoms with Gasteiger partial charge in [-0.2, -0.15) is 0 Å². The first-order valence-corrected chi connectivity index (χ1v) is 4.42. The lowest BCUT2D eigenvalue weighted by Crippen LogP contribution is -2.33. The number of carbonyl (C=O) groups is 1. The van der Waals surface area contributed by atoms with E-state index in [1.807, 2.05) is 13.8 Å². The van der Waals surface area contributed by atoms with E-state index in [1.54, 1.807) is 0 Å². The molecular formula is C10H19NO. The van der Waals surface area contributed by atoms with E-state index in [9.17, 15) is 4.79 Å². The first-order chi connectivity index (χ1) is 5.49. The number of hydrogen-bond acceptors (Lipinski definition) is 1. The molecule has 0 spiro atoms. The zero-order chi connectivity index (χ0) is 9.72. The maximum absolute atomic E-state index is 11.0. The van der Waals surface area contributed by atoms with Gasteiger partial charge >= 0.3 is 0 Å². The highest BCUT2D eigenvalue weighted by molar-refractivity contribution is 5.76. The molecule has 1 unspecified atom stereocenters. The molecule has 0 saturated heterocycles. The number of allylic oxidation sites excluding steroid dienone is 1. The van der Waals surface area contributed by atoms with Crippen molar-refractivity contribution < 1.29 is 4.79 Å². The summed E-state index contributed by atoms with van der Waals surface area (Å²) in [4.78, 5) is 11.0. The van der Waals surface area contributed by atoms with Crippen LogP contribution in [0.2, 0.25) is 0 Å². The Balaban J connectivity index is 4.14. The molecule has 2 heteroatoms. The van der Waals surface area contributed by atoms with Gasteiger partial charge in [0.2, 0.25) is 5.91 Å². The van der Waals surface area contributed by atoms with Crippen LogP contribution in [0.1, 0.15) is 41.0 Å². The average molecular weight is 169 g/mol. The van der Waals surface area contributed by atoms with Crippen LogP contribution >= 0.6 is 0 Å². The van der Waals surface area contributed by atoms with Crippen LogP contribution in [0.3, 0.4) is 0 Å². The molecule has 0 rings (SSSR count). The first kappa shape index (κ1) is 11.2.